The van der Waals surface area contributed by atoms with Crippen LogP contribution >= 0.6 is 11.8 Å². The molecule has 0 unspecified atom stereocenters. The van der Waals surface area contributed by atoms with Gasteiger partial charge in [-0.25, -0.2) is 0 Å². The second kappa shape index (κ2) is 7.83. The summed E-state index contributed by atoms with van der Waals surface area (Å²) < 4.78 is 11.6. The SMILES string of the molecule is C[C@@H](Sc1nnc(-c2ccc(C(C)(C)C)cc2)o1)c1nnc(-c2ccccc2)o1. The molecule has 0 saturated heterocycles. The first-order valence-electron chi connectivity index (χ1n) is 9.40. The first-order valence-corrected chi connectivity index (χ1v) is 10.3. The van der Waals surface area contributed by atoms with Crippen LogP contribution in [-0.4, -0.2) is 20.4 Å². The lowest BCUT2D eigenvalue weighted by Gasteiger charge is -2.18. The summed E-state index contributed by atoms with van der Waals surface area (Å²) >= 11 is 1.39. The van der Waals surface area contributed by atoms with Gasteiger partial charge >= 0.3 is 0 Å². The second-order valence-electron chi connectivity index (χ2n) is 7.77. The molecule has 0 saturated carbocycles. The number of benzene rings is 2. The molecule has 0 spiro atoms. The van der Waals surface area contributed by atoms with E-state index in [2.05, 4.69) is 53.3 Å². The van der Waals surface area contributed by atoms with Crippen molar-refractivity contribution in [2.45, 2.75) is 43.6 Å². The number of rotatable bonds is 5. The highest BCUT2D eigenvalue weighted by Gasteiger charge is 2.20. The normalized spacial score (nSPS) is 12.8. The van der Waals surface area contributed by atoms with Gasteiger partial charge in [0.2, 0.25) is 17.7 Å². The zero-order valence-electron chi connectivity index (χ0n) is 16.8. The van der Waals surface area contributed by atoms with Gasteiger partial charge in [0, 0.05) is 11.1 Å². The Labute approximate surface area is 173 Å². The number of hydrogen-bond donors (Lipinski definition) is 0. The van der Waals surface area contributed by atoms with E-state index >= 15 is 0 Å². The van der Waals surface area contributed by atoms with Crippen LogP contribution in [0.1, 0.15) is 44.4 Å². The Balaban J connectivity index is 1.46. The van der Waals surface area contributed by atoms with Gasteiger partial charge in [0.1, 0.15) is 0 Å². The molecule has 2 heterocycles. The summed E-state index contributed by atoms with van der Waals surface area (Å²) in [7, 11) is 0. The molecule has 2 aromatic carbocycles. The smallest absolute Gasteiger partial charge is 0.277 e. The average Bonchev–Trinajstić information content (AvgIpc) is 3.38. The van der Waals surface area contributed by atoms with E-state index in [4.69, 9.17) is 8.83 Å². The molecule has 148 valence electrons. The Morgan fingerprint density at radius 2 is 1.38 bits per heavy atom. The molecule has 0 amide bonds. The van der Waals surface area contributed by atoms with E-state index in [1.54, 1.807) is 0 Å². The van der Waals surface area contributed by atoms with Gasteiger partial charge in [0.05, 0.1) is 5.25 Å². The van der Waals surface area contributed by atoms with Gasteiger partial charge in [-0.05, 0) is 42.2 Å². The molecule has 0 aliphatic heterocycles. The third kappa shape index (κ3) is 4.40. The van der Waals surface area contributed by atoms with Crippen LogP contribution < -0.4 is 0 Å². The Morgan fingerprint density at radius 3 is 2.07 bits per heavy atom. The van der Waals surface area contributed by atoms with Crippen LogP contribution in [-0.2, 0) is 5.41 Å². The number of hydrogen-bond acceptors (Lipinski definition) is 7. The van der Waals surface area contributed by atoms with Crippen LogP contribution in [0.2, 0.25) is 0 Å². The fourth-order valence-electron chi connectivity index (χ4n) is 2.78. The maximum absolute atomic E-state index is 5.83. The maximum Gasteiger partial charge on any atom is 0.277 e. The highest BCUT2D eigenvalue weighted by Crippen LogP contribution is 2.35. The van der Waals surface area contributed by atoms with Crippen molar-refractivity contribution in [1.82, 2.24) is 20.4 Å². The van der Waals surface area contributed by atoms with Gasteiger partial charge in [-0.15, -0.1) is 20.4 Å². The predicted octanol–water partition coefficient (Wildman–Crippen LogP) is 5.94. The summed E-state index contributed by atoms with van der Waals surface area (Å²) in [4.78, 5) is 0. The molecule has 29 heavy (non-hydrogen) atoms. The molecule has 2 aromatic heterocycles. The molecule has 4 rings (SSSR count). The molecule has 1 atom stereocenters. The summed E-state index contributed by atoms with van der Waals surface area (Å²) in [5, 5.41) is 17.0. The predicted molar refractivity (Wildman–Crippen MR) is 112 cm³/mol. The highest BCUT2D eigenvalue weighted by molar-refractivity contribution is 7.99. The lowest BCUT2D eigenvalue weighted by Crippen LogP contribution is -2.10. The van der Waals surface area contributed by atoms with Crippen molar-refractivity contribution in [3.05, 3.63) is 66.1 Å². The van der Waals surface area contributed by atoms with Gasteiger partial charge in [-0.3, -0.25) is 0 Å². The summed E-state index contributed by atoms with van der Waals surface area (Å²) in [5.41, 5.74) is 3.15. The number of aromatic nitrogens is 4. The van der Waals surface area contributed by atoms with Crippen LogP contribution in [0, 0.1) is 0 Å². The van der Waals surface area contributed by atoms with Crippen molar-refractivity contribution in [3.63, 3.8) is 0 Å². The van der Waals surface area contributed by atoms with Crippen molar-refractivity contribution >= 4 is 11.8 Å². The van der Waals surface area contributed by atoms with E-state index < -0.39 is 0 Å². The lowest BCUT2D eigenvalue weighted by atomic mass is 9.87. The quantitative estimate of drug-likeness (QED) is 0.380. The molecule has 7 heteroatoms. The number of nitrogens with zero attached hydrogens (tertiary/aromatic N) is 4. The first kappa shape index (κ1) is 19.4. The standard InChI is InChI=1S/C22H22N4O2S/c1-14(18-23-24-19(27-18)15-8-6-5-7-9-15)29-21-26-25-20(28-21)16-10-12-17(13-11-16)22(2,3)4/h5-14H,1-4H3/t14-/m1/s1. The Hall–Kier alpha value is -2.93. The van der Waals surface area contributed by atoms with E-state index in [0.29, 0.717) is 22.9 Å². The molecular weight excluding hydrogens is 384 g/mol. The van der Waals surface area contributed by atoms with Gasteiger partial charge in [-0.2, -0.15) is 0 Å². The largest absolute Gasteiger partial charge is 0.419 e. The third-order valence-electron chi connectivity index (χ3n) is 4.49. The van der Waals surface area contributed by atoms with Gasteiger partial charge in [0.25, 0.3) is 5.22 Å². The molecule has 0 fully saturated rings. The van der Waals surface area contributed by atoms with Crippen LogP contribution in [0.5, 0.6) is 0 Å². The second-order valence-corrected chi connectivity index (χ2v) is 9.06. The maximum atomic E-state index is 5.83. The highest BCUT2D eigenvalue weighted by atomic mass is 32.2. The molecular formula is C22H22N4O2S. The Bertz CT molecular complexity index is 1080. The first-order chi connectivity index (χ1) is 13.9. The van der Waals surface area contributed by atoms with Gasteiger partial charge in [0.15, 0.2) is 0 Å². The molecule has 0 bridgehead atoms. The van der Waals surface area contributed by atoms with Gasteiger partial charge < -0.3 is 8.83 Å². The van der Waals surface area contributed by atoms with Crippen molar-refractivity contribution < 1.29 is 8.83 Å². The molecule has 6 nitrogen and oxygen atoms in total. The summed E-state index contributed by atoms with van der Waals surface area (Å²) in [6, 6.07) is 17.9. The molecule has 0 N–H and O–H groups in total. The van der Waals surface area contributed by atoms with Crippen molar-refractivity contribution in [1.29, 1.82) is 0 Å². The minimum atomic E-state index is -0.114. The summed E-state index contributed by atoms with van der Waals surface area (Å²) in [5.74, 6) is 1.51. The molecule has 0 radical (unpaired) electrons. The van der Waals surface area contributed by atoms with E-state index in [9.17, 15) is 0 Å². The van der Waals surface area contributed by atoms with E-state index in [1.807, 2.05) is 49.4 Å². The lowest BCUT2D eigenvalue weighted by molar-refractivity contribution is 0.461. The van der Waals surface area contributed by atoms with E-state index in [1.165, 1.54) is 17.3 Å². The van der Waals surface area contributed by atoms with Gasteiger partial charge in [-0.1, -0.05) is 62.9 Å². The molecule has 0 aliphatic carbocycles. The minimum Gasteiger partial charge on any atom is -0.419 e. The summed E-state index contributed by atoms with van der Waals surface area (Å²) in [6.07, 6.45) is 0. The Morgan fingerprint density at radius 1 is 0.759 bits per heavy atom. The zero-order chi connectivity index (χ0) is 20.4. The fraction of sp³-hybridized carbons (Fsp3) is 0.273. The van der Waals surface area contributed by atoms with Crippen molar-refractivity contribution in [2.24, 2.45) is 0 Å². The van der Waals surface area contributed by atoms with E-state index in [-0.39, 0.29) is 10.7 Å². The van der Waals surface area contributed by atoms with Crippen molar-refractivity contribution in [3.8, 4) is 22.9 Å². The average molecular weight is 407 g/mol. The molecule has 4 aromatic rings. The summed E-state index contributed by atoms with van der Waals surface area (Å²) in [6.45, 7) is 8.53. The molecule has 0 aliphatic rings. The fourth-order valence-corrected chi connectivity index (χ4v) is 3.50. The monoisotopic (exact) mass is 406 g/mol. The van der Waals surface area contributed by atoms with E-state index in [0.717, 1.165) is 11.1 Å². The van der Waals surface area contributed by atoms with Crippen molar-refractivity contribution in [2.75, 3.05) is 0 Å². The van der Waals surface area contributed by atoms with Crippen LogP contribution in [0.25, 0.3) is 22.9 Å². The van der Waals surface area contributed by atoms with Crippen LogP contribution in [0.15, 0.2) is 68.7 Å². The minimum absolute atomic E-state index is 0.104. The Kier molecular flexibility index (Phi) is 5.24. The number of thioether (sulfide) groups is 1. The topological polar surface area (TPSA) is 77.8 Å². The third-order valence-corrected chi connectivity index (χ3v) is 5.41. The van der Waals surface area contributed by atoms with Crippen LogP contribution in [0.4, 0.5) is 0 Å². The zero-order valence-corrected chi connectivity index (χ0v) is 17.6. The van der Waals surface area contributed by atoms with Crippen LogP contribution in [0.3, 0.4) is 0 Å².